The van der Waals surface area contributed by atoms with Crippen LogP contribution in [0.1, 0.15) is 0 Å². The fraction of sp³-hybridized carbons (Fsp3) is 0.857. The van der Waals surface area contributed by atoms with Crippen LogP contribution >= 0.6 is 11.8 Å². The van der Waals surface area contributed by atoms with Crippen molar-refractivity contribution in [3.8, 4) is 6.07 Å². The minimum atomic E-state index is -4.53. The second-order valence-corrected chi connectivity index (χ2v) is 6.34. The average Bonchev–Trinajstić information content (AvgIpc) is 1.99. The van der Waals surface area contributed by atoms with Crippen LogP contribution < -0.4 is 0 Å². The van der Waals surface area contributed by atoms with Crippen molar-refractivity contribution in [1.82, 2.24) is 0 Å². The van der Waals surface area contributed by atoms with E-state index in [1.54, 1.807) is 0 Å². The fourth-order valence-electron chi connectivity index (χ4n) is 0.616. The maximum absolute atomic E-state index is 12.0. The topological polar surface area (TPSA) is 57.9 Å². The Morgan fingerprint density at radius 3 is 2.33 bits per heavy atom. The molecule has 0 aliphatic rings. The zero-order chi connectivity index (χ0) is 12.1. The Labute approximate surface area is 90.6 Å². The largest absolute Gasteiger partial charge is 0.405 e. The van der Waals surface area contributed by atoms with Gasteiger partial charge >= 0.3 is 6.18 Å². The van der Waals surface area contributed by atoms with Crippen LogP contribution in [0.5, 0.6) is 0 Å². The monoisotopic (exact) mass is 261 g/mol. The van der Waals surface area contributed by atoms with Crippen molar-refractivity contribution in [2.45, 2.75) is 6.18 Å². The van der Waals surface area contributed by atoms with E-state index < -0.39 is 27.7 Å². The highest BCUT2D eigenvalue weighted by atomic mass is 32.2. The van der Waals surface area contributed by atoms with E-state index >= 15 is 0 Å². The molecular weight excluding hydrogens is 251 g/mol. The Morgan fingerprint density at radius 2 is 2.00 bits per heavy atom. The molecule has 0 aromatic heterocycles. The number of halogens is 3. The second-order valence-electron chi connectivity index (χ2n) is 2.93. The molecule has 0 fully saturated rings. The molecule has 0 radical (unpaired) electrons. The summed E-state index contributed by atoms with van der Waals surface area (Å²) in [6, 6.07) is 1.14. The SMILES string of the molecule is CS(=O)(=O)CCSCC(C#N)C(F)(F)F. The van der Waals surface area contributed by atoms with Gasteiger partial charge in [-0.05, 0) is 0 Å². The summed E-state index contributed by atoms with van der Waals surface area (Å²) in [5, 5.41) is 8.22. The highest BCUT2D eigenvalue weighted by molar-refractivity contribution is 8.00. The molecule has 0 aromatic carbocycles. The molecule has 15 heavy (non-hydrogen) atoms. The first-order valence-electron chi connectivity index (χ1n) is 3.88. The highest BCUT2D eigenvalue weighted by Crippen LogP contribution is 2.28. The summed E-state index contributed by atoms with van der Waals surface area (Å²) in [6.45, 7) is 0. The Morgan fingerprint density at radius 1 is 1.47 bits per heavy atom. The van der Waals surface area contributed by atoms with E-state index in [1.807, 2.05) is 0 Å². The summed E-state index contributed by atoms with van der Waals surface area (Å²) in [4.78, 5) is 0. The molecule has 1 unspecified atom stereocenters. The van der Waals surface area contributed by atoms with E-state index in [4.69, 9.17) is 5.26 Å². The zero-order valence-electron chi connectivity index (χ0n) is 7.91. The molecule has 0 bridgehead atoms. The number of nitrogens with zero attached hydrogens (tertiary/aromatic N) is 1. The number of hydrogen-bond acceptors (Lipinski definition) is 4. The Bertz CT molecular complexity index is 331. The molecule has 8 heteroatoms. The van der Waals surface area contributed by atoms with E-state index in [-0.39, 0.29) is 11.5 Å². The van der Waals surface area contributed by atoms with Crippen LogP contribution in [0.2, 0.25) is 0 Å². The molecule has 0 saturated heterocycles. The van der Waals surface area contributed by atoms with E-state index in [0.29, 0.717) is 0 Å². The van der Waals surface area contributed by atoms with Crippen LogP contribution in [-0.2, 0) is 9.84 Å². The molecule has 0 aliphatic carbocycles. The van der Waals surface area contributed by atoms with Crippen LogP contribution in [0.15, 0.2) is 0 Å². The molecule has 0 saturated carbocycles. The van der Waals surface area contributed by atoms with Crippen molar-refractivity contribution >= 4 is 21.6 Å². The molecule has 0 spiro atoms. The third kappa shape index (κ3) is 7.50. The molecule has 0 aliphatic heterocycles. The van der Waals surface area contributed by atoms with Crippen molar-refractivity contribution in [1.29, 1.82) is 5.26 Å². The third-order valence-corrected chi connectivity index (χ3v) is 3.70. The van der Waals surface area contributed by atoms with Gasteiger partial charge in [-0.3, -0.25) is 0 Å². The normalized spacial score (nSPS) is 14.6. The maximum atomic E-state index is 12.0. The van der Waals surface area contributed by atoms with Crippen LogP contribution in [0.3, 0.4) is 0 Å². The standard InChI is InChI=1S/C7H10F3NO2S2/c1-15(12,13)3-2-14-5-6(4-11)7(8,9)10/h6H,2-3,5H2,1H3. The van der Waals surface area contributed by atoms with Crippen LogP contribution in [0.4, 0.5) is 13.2 Å². The molecule has 0 aromatic rings. The van der Waals surface area contributed by atoms with Gasteiger partial charge in [0, 0.05) is 17.8 Å². The molecule has 0 heterocycles. The second kappa shape index (κ2) is 5.61. The number of sulfone groups is 1. The molecule has 1 atom stereocenters. The molecule has 88 valence electrons. The van der Waals surface area contributed by atoms with Crippen molar-refractivity contribution < 1.29 is 21.6 Å². The Balaban J connectivity index is 3.92. The quantitative estimate of drug-likeness (QED) is 0.703. The first-order chi connectivity index (χ1) is 6.67. The van der Waals surface area contributed by atoms with Crippen molar-refractivity contribution in [2.75, 3.05) is 23.5 Å². The predicted molar refractivity (Wildman–Crippen MR) is 52.2 cm³/mol. The number of thioether (sulfide) groups is 1. The van der Waals surface area contributed by atoms with Crippen LogP contribution in [0.25, 0.3) is 0 Å². The molecule has 0 amide bonds. The van der Waals surface area contributed by atoms with Gasteiger partial charge < -0.3 is 0 Å². The summed E-state index contributed by atoms with van der Waals surface area (Å²) in [5.41, 5.74) is 0. The van der Waals surface area contributed by atoms with E-state index in [9.17, 15) is 21.6 Å². The highest BCUT2D eigenvalue weighted by Gasteiger charge is 2.39. The molecule has 3 nitrogen and oxygen atoms in total. The number of rotatable bonds is 5. The van der Waals surface area contributed by atoms with Crippen molar-refractivity contribution in [3.05, 3.63) is 0 Å². The summed E-state index contributed by atoms with van der Waals surface area (Å²) in [7, 11) is -3.15. The summed E-state index contributed by atoms with van der Waals surface area (Å²) < 4.78 is 57.4. The van der Waals surface area contributed by atoms with E-state index in [2.05, 4.69) is 0 Å². The van der Waals surface area contributed by atoms with Gasteiger partial charge in [-0.25, -0.2) is 8.42 Å². The summed E-state index contributed by atoms with van der Waals surface area (Å²) >= 11 is 0.818. The number of alkyl halides is 3. The Hall–Kier alpha value is -0.420. The molecular formula is C7H10F3NO2S2. The lowest BCUT2D eigenvalue weighted by molar-refractivity contribution is -0.152. The minimum absolute atomic E-state index is 0.0765. The zero-order valence-corrected chi connectivity index (χ0v) is 9.55. The van der Waals surface area contributed by atoms with Gasteiger partial charge in [0.1, 0.15) is 9.84 Å². The minimum Gasteiger partial charge on any atom is -0.229 e. The fourth-order valence-corrected chi connectivity index (χ4v) is 2.96. The van der Waals surface area contributed by atoms with Crippen molar-refractivity contribution in [2.24, 2.45) is 5.92 Å². The van der Waals surface area contributed by atoms with Gasteiger partial charge in [-0.2, -0.15) is 30.2 Å². The van der Waals surface area contributed by atoms with Gasteiger partial charge in [-0.1, -0.05) is 0 Å². The van der Waals surface area contributed by atoms with Crippen molar-refractivity contribution in [3.63, 3.8) is 0 Å². The summed E-state index contributed by atoms with van der Waals surface area (Å²) in [5.74, 6) is -2.54. The lowest BCUT2D eigenvalue weighted by Crippen LogP contribution is -2.23. The van der Waals surface area contributed by atoms with Gasteiger partial charge in [0.15, 0.2) is 5.92 Å². The first-order valence-corrected chi connectivity index (χ1v) is 7.10. The van der Waals surface area contributed by atoms with Gasteiger partial charge in [-0.15, -0.1) is 0 Å². The number of nitriles is 1. The van der Waals surface area contributed by atoms with Gasteiger partial charge in [0.2, 0.25) is 0 Å². The third-order valence-electron chi connectivity index (χ3n) is 1.43. The lowest BCUT2D eigenvalue weighted by Gasteiger charge is -2.11. The Kier molecular flexibility index (Phi) is 5.45. The number of hydrogen-bond donors (Lipinski definition) is 0. The van der Waals surface area contributed by atoms with Crippen LogP contribution in [0, 0.1) is 17.2 Å². The average molecular weight is 261 g/mol. The smallest absolute Gasteiger partial charge is 0.229 e. The summed E-state index contributed by atoms with van der Waals surface area (Å²) in [6.07, 6.45) is -3.52. The molecule has 0 rings (SSSR count). The van der Waals surface area contributed by atoms with E-state index in [0.717, 1.165) is 24.1 Å². The van der Waals surface area contributed by atoms with Gasteiger partial charge in [0.25, 0.3) is 0 Å². The van der Waals surface area contributed by atoms with E-state index in [1.165, 1.54) is 0 Å². The molecule has 0 N–H and O–H groups in total. The lowest BCUT2D eigenvalue weighted by atomic mass is 10.2. The maximum Gasteiger partial charge on any atom is 0.405 e. The van der Waals surface area contributed by atoms with Gasteiger partial charge in [0.05, 0.1) is 11.8 Å². The predicted octanol–water partition coefficient (Wildman–Crippen LogP) is 1.47. The first kappa shape index (κ1) is 14.6. The van der Waals surface area contributed by atoms with Crippen LogP contribution in [-0.4, -0.2) is 38.1 Å².